The molecular formula is C21H25ClN4O2. The summed E-state index contributed by atoms with van der Waals surface area (Å²) in [4.78, 5) is 17.0. The second kappa shape index (κ2) is 10.0. The molecule has 0 fully saturated rings. The monoisotopic (exact) mass is 400 g/mol. The first-order valence-electron chi connectivity index (χ1n) is 9.02. The standard InChI is InChI=1S/C21H24N4O2.ClH/c1-14(19(22)17-11-7-4-8-12-17)21(26)23-15(2)20-24-18(27-25-20)13-16-9-5-3-6-10-16;/h3-12,14-15,19H,13,22H2,1-2H3,(H,23,26);1H. The number of carbonyl (C=O) groups excluding carboxylic acids is 1. The molecule has 6 nitrogen and oxygen atoms in total. The smallest absolute Gasteiger partial charge is 0.231 e. The van der Waals surface area contributed by atoms with Gasteiger partial charge in [0, 0.05) is 6.04 Å². The van der Waals surface area contributed by atoms with E-state index in [-0.39, 0.29) is 36.3 Å². The molecule has 0 saturated heterocycles. The van der Waals surface area contributed by atoms with Crippen molar-refractivity contribution in [2.24, 2.45) is 11.7 Å². The van der Waals surface area contributed by atoms with E-state index in [0.29, 0.717) is 18.1 Å². The molecule has 1 heterocycles. The molecule has 0 saturated carbocycles. The predicted octanol–water partition coefficient (Wildman–Crippen LogP) is 3.60. The van der Waals surface area contributed by atoms with Crippen molar-refractivity contribution >= 4 is 18.3 Å². The van der Waals surface area contributed by atoms with Crippen LogP contribution in [0, 0.1) is 5.92 Å². The van der Waals surface area contributed by atoms with Gasteiger partial charge in [-0.25, -0.2) is 0 Å². The third-order valence-electron chi connectivity index (χ3n) is 4.56. The summed E-state index contributed by atoms with van der Waals surface area (Å²) in [7, 11) is 0. The van der Waals surface area contributed by atoms with Gasteiger partial charge in [-0.05, 0) is 18.1 Å². The zero-order valence-electron chi connectivity index (χ0n) is 15.9. The lowest BCUT2D eigenvalue weighted by Gasteiger charge is -2.21. The van der Waals surface area contributed by atoms with Crippen molar-refractivity contribution in [1.29, 1.82) is 0 Å². The van der Waals surface area contributed by atoms with Crippen LogP contribution in [-0.4, -0.2) is 16.0 Å². The normalized spacial score (nSPS) is 13.8. The van der Waals surface area contributed by atoms with E-state index in [1.54, 1.807) is 0 Å². The van der Waals surface area contributed by atoms with Crippen LogP contribution in [0.15, 0.2) is 65.2 Å². The van der Waals surface area contributed by atoms with Crippen LogP contribution in [0.2, 0.25) is 0 Å². The van der Waals surface area contributed by atoms with Gasteiger partial charge >= 0.3 is 0 Å². The largest absolute Gasteiger partial charge is 0.346 e. The molecule has 3 N–H and O–H groups in total. The van der Waals surface area contributed by atoms with Crippen molar-refractivity contribution in [3.63, 3.8) is 0 Å². The number of nitrogens with two attached hydrogens (primary N) is 1. The highest BCUT2D eigenvalue weighted by Gasteiger charge is 2.25. The molecule has 28 heavy (non-hydrogen) atoms. The number of nitrogens with one attached hydrogen (secondary N) is 1. The van der Waals surface area contributed by atoms with Gasteiger partial charge in [-0.2, -0.15) is 4.98 Å². The van der Waals surface area contributed by atoms with Crippen molar-refractivity contribution in [3.8, 4) is 0 Å². The van der Waals surface area contributed by atoms with Gasteiger partial charge in [0.05, 0.1) is 18.4 Å². The fourth-order valence-corrected chi connectivity index (χ4v) is 2.82. The van der Waals surface area contributed by atoms with Crippen molar-refractivity contribution in [2.75, 3.05) is 0 Å². The number of aromatic nitrogens is 2. The highest BCUT2D eigenvalue weighted by Crippen LogP contribution is 2.20. The van der Waals surface area contributed by atoms with Gasteiger partial charge in [0.1, 0.15) is 0 Å². The van der Waals surface area contributed by atoms with Gasteiger partial charge in [-0.15, -0.1) is 12.4 Å². The number of benzene rings is 2. The minimum Gasteiger partial charge on any atom is -0.346 e. The van der Waals surface area contributed by atoms with Crippen molar-refractivity contribution in [2.45, 2.75) is 32.4 Å². The SMILES string of the molecule is CC(NC(=O)C(C)C(N)c1ccccc1)c1noc(Cc2ccccc2)n1.Cl. The van der Waals surface area contributed by atoms with E-state index in [4.69, 9.17) is 10.3 Å². The summed E-state index contributed by atoms with van der Waals surface area (Å²) in [5.41, 5.74) is 8.25. The van der Waals surface area contributed by atoms with Gasteiger partial charge in [0.25, 0.3) is 0 Å². The van der Waals surface area contributed by atoms with Gasteiger partial charge in [0.2, 0.25) is 11.8 Å². The van der Waals surface area contributed by atoms with E-state index in [0.717, 1.165) is 11.1 Å². The van der Waals surface area contributed by atoms with Crippen molar-refractivity contribution in [1.82, 2.24) is 15.5 Å². The fraction of sp³-hybridized carbons (Fsp3) is 0.286. The second-order valence-corrected chi connectivity index (χ2v) is 6.66. The summed E-state index contributed by atoms with van der Waals surface area (Å²) in [6.45, 7) is 3.65. The van der Waals surface area contributed by atoms with Crippen LogP contribution < -0.4 is 11.1 Å². The maximum absolute atomic E-state index is 12.6. The Kier molecular flexibility index (Phi) is 7.72. The summed E-state index contributed by atoms with van der Waals surface area (Å²) in [6, 6.07) is 18.7. The molecule has 0 radical (unpaired) electrons. The Morgan fingerprint density at radius 1 is 1.07 bits per heavy atom. The van der Waals surface area contributed by atoms with Gasteiger partial charge < -0.3 is 15.6 Å². The maximum Gasteiger partial charge on any atom is 0.231 e. The van der Waals surface area contributed by atoms with Crippen molar-refractivity contribution < 1.29 is 9.32 Å². The Labute approximate surface area is 170 Å². The van der Waals surface area contributed by atoms with Crippen molar-refractivity contribution in [3.05, 3.63) is 83.5 Å². The molecule has 7 heteroatoms. The topological polar surface area (TPSA) is 94.0 Å². The molecule has 3 unspecified atom stereocenters. The zero-order chi connectivity index (χ0) is 19.2. The Morgan fingerprint density at radius 3 is 2.32 bits per heavy atom. The van der Waals surface area contributed by atoms with Gasteiger partial charge in [0.15, 0.2) is 5.82 Å². The van der Waals surface area contributed by atoms with E-state index in [1.807, 2.05) is 74.5 Å². The van der Waals surface area contributed by atoms with Crippen LogP contribution in [0.5, 0.6) is 0 Å². The number of hydrogen-bond acceptors (Lipinski definition) is 5. The van der Waals surface area contributed by atoms with Crippen LogP contribution >= 0.6 is 12.4 Å². The highest BCUT2D eigenvalue weighted by atomic mass is 35.5. The summed E-state index contributed by atoms with van der Waals surface area (Å²) >= 11 is 0. The van der Waals surface area contributed by atoms with Crippen LogP contribution in [0.1, 0.15) is 48.8 Å². The number of carbonyl (C=O) groups is 1. The lowest BCUT2D eigenvalue weighted by molar-refractivity contribution is -0.125. The molecule has 148 valence electrons. The molecule has 3 atom stereocenters. The average molecular weight is 401 g/mol. The van der Waals surface area contributed by atoms with Crippen LogP contribution in [-0.2, 0) is 11.2 Å². The number of halogens is 1. The minimum absolute atomic E-state index is 0. The molecule has 0 bridgehead atoms. The molecular weight excluding hydrogens is 376 g/mol. The number of rotatable bonds is 7. The quantitative estimate of drug-likeness (QED) is 0.632. The molecule has 1 amide bonds. The van der Waals surface area contributed by atoms with E-state index < -0.39 is 0 Å². The summed E-state index contributed by atoms with van der Waals surface area (Å²) in [5.74, 6) is 0.444. The fourth-order valence-electron chi connectivity index (χ4n) is 2.82. The number of nitrogens with zero attached hydrogens (tertiary/aromatic N) is 2. The lowest BCUT2D eigenvalue weighted by Crippen LogP contribution is -2.37. The molecule has 0 aliphatic rings. The van der Waals surface area contributed by atoms with Gasteiger partial charge in [-0.1, -0.05) is 72.7 Å². The van der Waals surface area contributed by atoms with E-state index in [9.17, 15) is 4.79 Å². The maximum atomic E-state index is 12.6. The highest BCUT2D eigenvalue weighted by molar-refractivity contribution is 5.85. The first-order valence-corrected chi connectivity index (χ1v) is 9.02. The first kappa shape index (κ1) is 21.6. The predicted molar refractivity (Wildman–Crippen MR) is 110 cm³/mol. The molecule has 0 spiro atoms. The Balaban J connectivity index is 0.00000280. The lowest BCUT2D eigenvalue weighted by atomic mass is 9.94. The number of amides is 1. The Morgan fingerprint density at radius 2 is 1.68 bits per heavy atom. The summed E-state index contributed by atoms with van der Waals surface area (Å²) < 4.78 is 5.31. The van der Waals surface area contributed by atoms with E-state index >= 15 is 0 Å². The molecule has 3 aromatic rings. The van der Waals surface area contributed by atoms with Crippen LogP contribution in [0.3, 0.4) is 0 Å². The molecule has 0 aliphatic carbocycles. The molecule has 0 aliphatic heterocycles. The van der Waals surface area contributed by atoms with Gasteiger partial charge in [-0.3, -0.25) is 4.79 Å². The van der Waals surface area contributed by atoms with E-state index in [1.165, 1.54) is 0 Å². The molecule has 2 aromatic carbocycles. The molecule has 3 rings (SSSR count). The number of hydrogen-bond donors (Lipinski definition) is 2. The molecule has 1 aromatic heterocycles. The summed E-state index contributed by atoms with van der Waals surface area (Å²) in [5, 5.41) is 6.92. The van der Waals surface area contributed by atoms with Crippen LogP contribution in [0.4, 0.5) is 0 Å². The second-order valence-electron chi connectivity index (χ2n) is 6.66. The summed E-state index contributed by atoms with van der Waals surface area (Å²) in [6.07, 6.45) is 0.559. The third kappa shape index (κ3) is 5.41. The minimum atomic E-state index is -0.384. The van der Waals surface area contributed by atoms with Crippen LogP contribution in [0.25, 0.3) is 0 Å². The Bertz CT molecular complexity index is 870. The Hall–Kier alpha value is -2.70. The average Bonchev–Trinajstić information content (AvgIpc) is 3.17. The zero-order valence-corrected chi connectivity index (χ0v) is 16.7. The van der Waals surface area contributed by atoms with E-state index in [2.05, 4.69) is 15.5 Å². The first-order chi connectivity index (χ1) is 13.0. The third-order valence-corrected chi connectivity index (χ3v) is 4.56.